The van der Waals surface area contributed by atoms with Crippen LogP contribution in [0.1, 0.15) is 21.9 Å². The minimum absolute atomic E-state index is 0.0420. The van der Waals surface area contributed by atoms with Crippen LogP contribution < -0.4 is 5.32 Å². The summed E-state index contributed by atoms with van der Waals surface area (Å²) in [6, 6.07) is 20.2. The van der Waals surface area contributed by atoms with Gasteiger partial charge in [0.05, 0.1) is 30.1 Å². The Kier molecular flexibility index (Phi) is 6.35. The summed E-state index contributed by atoms with van der Waals surface area (Å²) in [5.74, 6) is 1.49. The van der Waals surface area contributed by atoms with Gasteiger partial charge in [-0.2, -0.15) is 0 Å². The maximum atomic E-state index is 12.9. The second-order valence-electron chi connectivity index (χ2n) is 6.91. The van der Waals surface area contributed by atoms with Crippen molar-refractivity contribution in [2.24, 2.45) is 0 Å². The van der Waals surface area contributed by atoms with Crippen LogP contribution in [0.25, 0.3) is 10.8 Å². The number of thioether (sulfide) groups is 1. The number of carbonyl (C=O) groups is 2. The molecule has 1 atom stereocenters. The fourth-order valence-electron chi connectivity index (χ4n) is 3.23. The zero-order valence-corrected chi connectivity index (χ0v) is 17.1. The van der Waals surface area contributed by atoms with Crippen LogP contribution in [0.15, 0.2) is 88.1 Å². The van der Waals surface area contributed by atoms with Crippen molar-refractivity contribution in [2.45, 2.75) is 18.2 Å². The van der Waals surface area contributed by atoms with Crippen LogP contribution in [0.2, 0.25) is 0 Å². The summed E-state index contributed by atoms with van der Waals surface area (Å²) in [4.78, 5) is 25.9. The number of hydrogen-bond donors (Lipinski definition) is 1. The van der Waals surface area contributed by atoms with E-state index >= 15 is 0 Å². The van der Waals surface area contributed by atoms with Crippen LogP contribution in [0.5, 0.6) is 0 Å². The number of ketones is 1. The highest BCUT2D eigenvalue weighted by Gasteiger charge is 2.24. The van der Waals surface area contributed by atoms with E-state index in [0.29, 0.717) is 12.2 Å². The van der Waals surface area contributed by atoms with Gasteiger partial charge in [0.2, 0.25) is 0 Å². The van der Waals surface area contributed by atoms with Crippen molar-refractivity contribution >= 4 is 34.2 Å². The highest BCUT2D eigenvalue weighted by Crippen LogP contribution is 2.21. The fourth-order valence-corrected chi connectivity index (χ4v) is 4.10. The number of fused-ring (bicyclic) bond motifs is 1. The zero-order chi connectivity index (χ0) is 20.8. The summed E-state index contributed by atoms with van der Waals surface area (Å²) < 4.78 is 10.8. The Balaban J connectivity index is 1.47. The molecular weight excluding hydrogens is 398 g/mol. The average Bonchev–Trinajstić information content (AvgIpc) is 3.44. The van der Waals surface area contributed by atoms with E-state index in [1.54, 1.807) is 12.5 Å². The van der Waals surface area contributed by atoms with E-state index in [9.17, 15) is 9.59 Å². The third-order valence-electron chi connectivity index (χ3n) is 4.76. The van der Waals surface area contributed by atoms with Gasteiger partial charge < -0.3 is 14.2 Å². The molecule has 0 fully saturated rings. The maximum absolute atomic E-state index is 12.9. The molecule has 0 bridgehead atoms. The quantitative estimate of drug-likeness (QED) is 0.419. The molecule has 2 aromatic carbocycles. The molecule has 152 valence electrons. The lowest BCUT2D eigenvalue weighted by Gasteiger charge is -2.17. The van der Waals surface area contributed by atoms with Crippen LogP contribution in [-0.2, 0) is 17.0 Å². The molecule has 2 aromatic heterocycles. The predicted octanol–water partition coefficient (Wildman–Crippen LogP) is 4.87. The standard InChI is InChI=1S/C24H21NO4S/c26-22(16-30-15-19-10-6-12-28-19)21(13-17-7-2-1-3-8-17)25-24(27)23-20-11-5-4-9-18(20)14-29-23/h1-12,14,21H,13,15-16H2,(H,25,27)/t21-/m0/s1. The first-order valence-corrected chi connectivity index (χ1v) is 10.8. The van der Waals surface area contributed by atoms with Gasteiger partial charge in [-0.15, -0.1) is 11.8 Å². The number of nitrogens with one attached hydrogen (secondary N) is 1. The van der Waals surface area contributed by atoms with Crippen molar-refractivity contribution in [1.29, 1.82) is 0 Å². The van der Waals surface area contributed by atoms with E-state index in [-0.39, 0.29) is 23.2 Å². The van der Waals surface area contributed by atoms with Gasteiger partial charge in [-0.1, -0.05) is 54.6 Å². The van der Waals surface area contributed by atoms with Crippen molar-refractivity contribution in [3.05, 3.63) is 96.3 Å². The summed E-state index contributed by atoms with van der Waals surface area (Å²) in [7, 11) is 0. The molecule has 4 rings (SSSR count). The highest BCUT2D eigenvalue weighted by atomic mass is 32.2. The predicted molar refractivity (Wildman–Crippen MR) is 117 cm³/mol. The van der Waals surface area contributed by atoms with E-state index in [1.165, 1.54) is 11.8 Å². The molecule has 0 aliphatic carbocycles. The minimum Gasteiger partial charge on any atom is -0.468 e. The first kappa shape index (κ1) is 20.0. The summed E-state index contributed by atoms with van der Waals surface area (Å²) >= 11 is 1.47. The fraction of sp³-hybridized carbons (Fsp3) is 0.167. The first-order valence-electron chi connectivity index (χ1n) is 9.64. The molecule has 4 aromatic rings. The van der Waals surface area contributed by atoms with E-state index in [2.05, 4.69) is 5.32 Å². The molecule has 1 N–H and O–H groups in total. The van der Waals surface area contributed by atoms with Gasteiger partial charge in [-0.25, -0.2) is 0 Å². The summed E-state index contributed by atoms with van der Waals surface area (Å²) in [5, 5.41) is 4.46. The van der Waals surface area contributed by atoms with Gasteiger partial charge in [-0.3, -0.25) is 9.59 Å². The smallest absolute Gasteiger partial charge is 0.288 e. The SMILES string of the molecule is O=C(N[C@@H](Cc1ccccc1)C(=O)CSCc1ccco1)c1occ2ccccc12. The molecule has 2 heterocycles. The molecule has 0 saturated heterocycles. The lowest BCUT2D eigenvalue weighted by atomic mass is 10.0. The Hall–Kier alpha value is -3.25. The third kappa shape index (κ3) is 4.83. The second kappa shape index (κ2) is 9.50. The van der Waals surface area contributed by atoms with Crippen molar-refractivity contribution in [3.8, 4) is 0 Å². The molecule has 5 nitrogen and oxygen atoms in total. The van der Waals surface area contributed by atoms with Gasteiger partial charge in [0.25, 0.3) is 5.91 Å². The van der Waals surface area contributed by atoms with Crippen LogP contribution in [-0.4, -0.2) is 23.5 Å². The molecule has 0 unspecified atom stereocenters. The van der Waals surface area contributed by atoms with Crippen LogP contribution in [0, 0.1) is 0 Å². The number of hydrogen-bond acceptors (Lipinski definition) is 5. The molecular formula is C24H21NO4S. The van der Waals surface area contributed by atoms with Gasteiger partial charge in [0.15, 0.2) is 11.5 Å². The van der Waals surface area contributed by atoms with Gasteiger partial charge in [0.1, 0.15) is 5.76 Å². The molecule has 1 amide bonds. The Morgan fingerprint density at radius 1 is 0.933 bits per heavy atom. The third-order valence-corrected chi connectivity index (χ3v) is 5.74. The summed E-state index contributed by atoms with van der Waals surface area (Å²) in [5.41, 5.74) is 0.983. The number of carbonyl (C=O) groups excluding carboxylic acids is 2. The molecule has 0 aliphatic heterocycles. The highest BCUT2D eigenvalue weighted by molar-refractivity contribution is 7.99. The Morgan fingerprint density at radius 3 is 2.53 bits per heavy atom. The number of Topliss-reactive ketones (excluding diaryl/α,β-unsaturated/α-hetero) is 1. The molecule has 6 heteroatoms. The largest absolute Gasteiger partial charge is 0.468 e. The topological polar surface area (TPSA) is 72.5 Å². The van der Waals surface area contributed by atoms with Gasteiger partial charge >= 0.3 is 0 Å². The number of rotatable bonds is 9. The lowest BCUT2D eigenvalue weighted by Crippen LogP contribution is -2.43. The number of benzene rings is 2. The Labute approximate surface area is 178 Å². The average molecular weight is 420 g/mol. The van der Waals surface area contributed by atoms with Crippen molar-refractivity contribution in [3.63, 3.8) is 0 Å². The van der Waals surface area contributed by atoms with E-state index in [0.717, 1.165) is 22.1 Å². The molecule has 0 saturated carbocycles. The van der Waals surface area contributed by atoms with Gasteiger partial charge in [0, 0.05) is 10.8 Å². The summed E-state index contributed by atoms with van der Waals surface area (Å²) in [6.45, 7) is 0. The molecule has 0 spiro atoms. The van der Waals surface area contributed by atoms with Crippen LogP contribution in [0.3, 0.4) is 0 Å². The monoisotopic (exact) mass is 419 g/mol. The van der Waals surface area contributed by atoms with Crippen molar-refractivity contribution in [2.75, 3.05) is 5.75 Å². The first-order chi connectivity index (χ1) is 14.7. The van der Waals surface area contributed by atoms with Crippen LogP contribution >= 0.6 is 11.8 Å². The zero-order valence-electron chi connectivity index (χ0n) is 16.2. The number of amides is 1. The molecule has 0 radical (unpaired) electrons. The normalized spacial score (nSPS) is 12.0. The van der Waals surface area contributed by atoms with Crippen molar-refractivity contribution < 1.29 is 18.4 Å². The van der Waals surface area contributed by atoms with Crippen molar-refractivity contribution in [1.82, 2.24) is 5.32 Å². The van der Waals surface area contributed by atoms with Crippen LogP contribution in [0.4, 0.5) is 0 Å². The minimum atomic E-state index is -0.645. The van der Waals surface area contributed by atoms with Gasteiger partial charge in [-0.05, 0) is 24.1 Å². The van der Waals surface area contributed by atoms with E-state index in [1.807, 2.05) is 66.7 Å². The lowest BCUT2D eigenvalue weighted by molar-refractivity contribution is -0.118. The number of furan rings is 2. The maximum Gasteiger partial charge on any atom is 0.288 e. The Morgan fingerprint density at radius 2 is 1.73 bits per heavy atom. The molecule has 0 aliphatic rings. The Bertz CT molecular complexity index is 1120. The second-order valence-corrected chi connectivity index (χ2v) is 7.89. The van der Waals surface area contributed by atoms with E-state index in [4.69, 9.17) is 8.83 Å². The van der Waals surface area contributed by atoms with E-state index < -0.39 is 6.04 Å². The summed E-state index contributed by atoms with van der Waals surface area (Å²) in [6.07, 6.45) is 3.59. The molecule has 30 heavy (non-hydrogen) atoms.